The number of hydrogen-bond donors (Lipinski definition) is 0. The lowest BCUT2D eigenvalue weighted by atomic mass is 10.2. The summed E-state index contributed by atoms with van der Waals surface area (Å²) in [5.41, 5.74) is 0. The molecule has 0 amide bonds. The van der Waals surface area contributed by atoms with E-state index in [0.29, 0.717) is 12.5 Å². The third-order valence-electron chi connectivity index (χ3n) is 2.28. The molecule has 0 aromatic heterocycles. The molecule has 0 fully saturated rings. The summed E-state index contributed by atoms with van der Waals surface area (Å²) in [4.78, 5) is 2.23. The highest BCUT2D eigenvalue weighted by Crippen LogP contribution is 2.04. The lowest BCUT2D eigenvalue weighted by Gasteiger charge is -2.22. The molecule has 1 atom stereocenters. The van der Waals surface area contributed by atoms with Crippen LogP contribution in [0.15, 0.2) is 0 Å². The Morgan fingerprint density at radius 3 is 2.62 bits per heavy atom. The van der Waals surface area contributed by atoms with Crippen LogP contribution in [0.5, 0.6) is 0 Å². The second-order valence-electron chi connectivity index (χ2n) is 3.44. The third kappa shape index (κ3) is 6.86. The summed E-state index contributed by atoms with van der Waals surface area (Å²) >= 11 is 5.57. The molecule has 0 rings (SSSR count). The fourth-order valence-electron chi connectivity index (χ4n) is 1.14. The maximum Gasteiger partial charge on any atom is 0.0638 e. The van der Waals surface area contributed by atoms with Crippen molar-refractivity contribution in [3.05, 3.63) is 0 Å². The van der Waals surface area contributed by atoms with Crippen molar-refractivity contribution in [3.63, 3.8) is 0 Å². The van der Waals surface area contributed by atoms with Gasteiger partial charge in [-0.05, 0) is 33.4 Å². The Hall–Kier alpha value is -0.260. The molecule has 3 heteroatoms. The average Bonchev–Trinajstić information content (AvgIpc) is 2.12. The molecule has 13 heavy (non-hydrogen) atoms. The SMILES string of the molecule is CC(CC#N)N(C)CCCCCCl. The highest BCUT2D eigenvalue weighted by Gasteiger charge is 2.06. The topological polar surface area (TPSA) is 27.0 Å². The maximum absolute atomic E-state index is 8.50. The van der Waals surface area contributed by atoms with E-state index in [4.69, 9.17) is 16.9 Å². The molecule has 0 aliphatic heterocycles. The van der Waals surface area contributed by atoms with E-state index < -0.39 is 0 Å². The van der Waals surface area contributed by atoms with Crippen molar-refractivity contribution in [1.29, 1.82) is 5.26 Å². The summed E-state index contributed by atoms with van der Waals surface area (Å²) in [6.07, 6.45) is 4.08. The van der Waals surface area contributed by atoms with E-state index in [9.17, 15) is 0 Å². The predicted molar refractivity (Wildman–Crippen MR) is 56.9 cm³/mol. The largest absolute Gasteiger partial charge is 0.303 e. The van der Waals surface area contributed by atoms with Crippen LogP contribution < -0.4 is 0 Å². The summed E-state index contributed by atoms with van der Waals surface area (Å²) in [7, 11) is 2.07. The summed E-state index contributed by atoms with van der Waals surface area (Å²) < 4.78 is 0. The minimum Gasteiger partial charge on any atom is -0.303 e. The van der Waals surface area contributed by atoms with Gasteiger partial charge in [-0.25, -0.2) is 0 Å². The highest BCUT2D eigenvalue weighted by molar-refractivity contribution is 6.17. The van der Waals surface area contributed by atoms with Crippen molar-refractivity contribution in [2.24, 2.45) is 0 Å². The molecular formula is C10H19ClN2. The maximum atomic E-state index is 8.50. The zero-order valence-corrected chi connectivity index (χ0v) is 9.35. The Kier molecular flexibility index (Phi) is 8.18. The van der Waals surface area contributed by atoms with Gasteiger partial charge in [0.15, 0.2) is 0 Å². The van der Waals surface area contributed by atoms with E-state index in [1.807, 2.05) is 0 Å². The molecule has 0 N–H and O–H groups in total. The Balaban J connectivity index is 3.39. The van der Waals surface area contributed by atoms with Gasteiger partial charge in [-0.1, -0.05) is 6.42 Å². The summed E-state index contributed by atoms with van der Waals surface area (Å²) in [5, 5.41) is 8.50. The number of nitrogens with zero attached hydrogens (tertiary/aromatic N) is 2. The first kappa shape index (κ1) is 12.7. The lowest BCUT2D eigenvalue weighted by Crippen LogP contribution is -2.29. The number of rotatable bonds is 7. The first-order valence-corrected chi connectivity index (χ1v) is 5.39. The zero-order valence-electron chi connectivity index (χ0n) is 8.59. The second-order valence-corrected chi connectivity index (χ2v) is 3.82. The molecule has 0 aliphatic rings. The smallest absolute Gasteiger partial charge is 0.0638 e. The normalized spacial score (nSPS) is 12.8. The van der Waals surface area contributed by atoms with Crippen LogP contribution in [0.3, 0.4) is 0 Å². The fraction of sp³-hybridized carbons (Fsp3) is 0.900. The molecular weight excluding hydrogens is 184 g/mol. The minimum absolute atomic E-state index is 0.376. The van der Waals surface area contributed by atoms with Crippen LogP contribution in [-0.4, -0.2) is 30.4 Å². The predicted octanol–water partition coefficient (Wildman–Crippen LogP) is 2.63. The van der Waals surface area contributed by atoms with Crippen molar-refractivity contribution in [2.75, 3.05) is 19.5 Å². The molecule has 0 aromatic carbocycles. The molecule has 0 saturated carbocycles. The van der Waals surface area contributed by atoms with Crippen LogP contribution in [0, 0.1) is 11.3 Å². The quantitative estimate of drug-likeness (QED) is 0.469. The second kappa shape index (κ2) is 8.34. The summed E-state index contributed by atoms with van der Waals surface area (Å²) in [6.45, 7) is 3.16. The number of hydrogen-bond acceptors (Lipinski definition) is 2. The van der Waals surface area contributed by atoms with Crippen molar-refractivity contribution >= 4 is 11.6 Å². The average molecular weight is 203 g/mol. The molecule has 0 radical (unpaired) electrons. The molecule has 2 nitrogen and oxygen atoms in total. The number of unbranched alkanes of at least 4 members (excludes halogenated alkanes) is 2. The lowest BCUT2D eigenvalue weighted by molar-refractivity contribution is 0.255. The summed E-state index contributed by atoms with van der Waals surface area (Å²) in [6, 6.07) is 2.56. The molecule has 0 heterocycles. The van der Waals surface area contributed by atoms with Gasteiger partial charge in [0.2, 0.25) is 0 Å². The van der Waals surface area contributed by atoms with Gasteiger partial charge in [-0.3, -0.25) is 0 Å². The van der Waals surface area contributed by atoms with Gasteiger partial charge in [-0.15, -0.1) is 11.6 Å². The monoisotopic (exact) mass is 202 g/mol. The van der Waals surface area contributed by atoms with Crippen LogP contribution in [0.2, 0.25) is 0 Å². The fourth-order valence-corrected chi connectivity index (χ4v) is 1.33. The number of nitriles is 1. The molecule has 0 saturated heterocycles. The van der Waals surface area contributed by atoms with E-state index in [1.165, 1.54) is 12.8 Å². The third-order valence-corrected chi connectivity index (χ3v) is 2.55. The van der Waals surface area contributed by atoms with Crippen LogP contribution in [0.1, 0.15) is 32.6 Å². The molecule has 1 unspecified atom stereocenters. The molecule has 0 aliphatic carbocycles. The van der Waals surface area contributed by atoms with Gasteiger partial charge in [0, 0.05) is 11.9 Å². The van der Waals surface area contributed by atoms with Gasteiger partial charge in [0.05, 0.1) is 12.5 Å². The minimum atomic E-state index is 0.376. The molecule has 0 bridgehead atoms. The Bertz CT molecular complexity index is 153. The standard InChI is InChI=1S/C10H19ClN2/c1-10(6-8-12)13(2)9-5-3-4-7-11/h10H,3-7,9H2,1-2H3. The van der Waals surface area contributed by atoms with E-state index >= 15 is 0 Å². The van der Waals surface area contributed by atoms with Crippen LogP contribution in [0.4, 0.5) is 0 Å². The first-order chi connectivity index (χ1) is 6.22. The summed E-state index contributed by atoms with van der Waals surface area (Å²) in [5.74, 6) is 0.761. The highest BCUT2D eigenvalue weighted by atomic mass is 35.5. The van der Waals surface area contributed by atoms with E-state index in [1.54, 1.807) is 0 Å². The first-order valence-electron chi connectivity index (χ1n) is 4.85. The van der Waals surface area contributed by atoms with Crippen LogP contribution in [0.25, 0.3) is 0 Å². The van der Waals surface area contributed by atoms with Crippen LogP contribution in [-0.2, 0) is 0 Å². The van der Waals surface area contributed by atoms with Gasteiger partial charge in [0.1, 0.15) is 0 Å². The van der Waals surface area contributed by atoms with E-state index in [2.05, 4.69) is 24.9 Å². The van der Waals surface area contributed by atoms with Crippen molar-refractivity contribution in [3.8, 4) is 6.07 Å². The van der Waals surface area contributed by atoms with Crippen molar-refractivity contribution in [2.45, 2.75) is 38.6 Å². The Labute approximate surface area is 86.5 Å². The van der Waals surface area contributed by atoms with Gasteiger partial charge in [0.25, 0.3) is 0 Å². The van der Waals surface area contributed by atoms with Crippen LogP contribution >= 0.6 is 11.6 Å². The van der Waals surface area contributed by atoms with E-state index in [-0.39, 0.29) is 0 Å². The Morgan fingerprint density at radius 1 is 1.38 bits per heavy atom. The van der Waals surface area contributed by atoms with Gasteiger partial charge < -0.3 is 4.90 Å². The molecule has 0 aromatic rings. The van der Waals surface area contributed by atoms with E-state index in [0.717, 1.165) is 18.8 Å². The number of halogens is 1. The van der Waals surface area contributed by atoms with Gasteiger partial charge >= 0.3 is 0 Å². The molecule has 76 valence electrons. The molecule has 0 spiro atoms. The van der Waals surface area contributed by atoms with Crippen molar-refractivity contribution < 1.29 is 0 Å². The van der Waals surface area contributed by atoms with Gasteiger partial charge in [-0.2, -0.15) is 5.26 Å². The zero-order chi connectivity index (χ0) is 10.1. The number of alkyl halides is 1. The van der Waals surface area contributed by atoms with Crippen molar-refractivity contribution in [1.82, 2.24) is 4.90 Å². The Morgan fingerprint density at radius 2 is 2.08 bits per heavy atom.